The van der Waals surface area contributed by atoms with Crippen molar-refractivity contribution in [1.29, 1.82) is 0 Å². The Balaban J connectivity index is 2.92. The Hall–Kier alpha value is -0.0800. The zero-order chi connectivity index (χ0) is 6.41. The molecule has 0 saturated heterocycles. The monoisotopic (exact) mass is 118 g/mol. The minimum absolute atomic E-state index is 0.241. The summed E-state index contributed by atoms with van der Waals surface area (Å²) in [5.41, 5.74) is 0. The number of ether oxygens (including phenoxy) is 2. The van der Waals surface area contributed by atoms with Crippen LogP contribution in [0.4, 0.5) is 0 Å². The van der Waals surface area contributed by atoms with Crippen molar-refractivity contribution in [3.63, 3.8) is 0 Å². The van der Waals surface area contributed by atoms with Crippen molar-refractivity contribution in [1.82, 2.24) is 0 Å². The molecule has 0 unspecified atom stereocenters. The summed E-state index contributed by atoms with van der Waals surface area (Å²) in [7, 11) is 1.68. The molecule has 0 heterocycles. The first-order valence-electron chi connectivity index (χ1n) is 2.91. The lowest BCUT2D eigenvalue weighted by Gasteiger charge is -2.08. The molecule has 0 aliphatic carbocycles. The second-order valence-corrected chi connectivity index (χ2v) is 1.72. The van der Waals surface area contributed by atoms with Gasteiger partial charge in [-0.3, -0.25) is 0 Å². The third kappa shape index (κ3) is 4.09. The molecule has 0 N–H and O–H groups in total. The first-order valence-corrected chi connectivity index (χ1v) is 2.91. The molecule has 0 aromatic heterocycles. The van der Waals surface area contributed by atoms with Crippen LogP contribution in [-0.2, 0) is 9.47 Å². The summed E-state index contributed by atoms with van der Waals surface area (Å²) >= 11 is 0. The summed E-state index contributed by atoms with van der Waals surface area (Å²) in [4.78, 5) is 0. The van der Waals surface area contributed by atoms with Gasteiger partial charge in [-0.05, 0) is 13.8 Å². The minimum Gasteiger partial charge on any atom is -0.382 e. The molecular weight excluding hydrogens is 104 g/mol. The third-order valence-electron chi connectivity index (χ3n) is 0.853. The van der Waals surface area contributed by atoms with Gasteiger partial charge in [0.2, 0.25) is 0 Å². The maximum atomic E-state index is 5.16. The van der Waals surface area contributed by atoms with Crippen LogP contribution in [0.5, 0.6) is 0 Å². The van der Waals surface area contributed by atoms with Crippen LogP contribution in [0.25, 0.3) is 0 Å². The number of rotatable bonds is 4. The van der Waals surface area contributed by atoms with Crippen molar-refractivity contribution >= 4 is 0 Å². The van der Waals surface area contributed by atoms with Crippen molar-refractivity contribution < 1.29 is 9.47 Å². The van der Waals surface area contributed by atoms with Gasteiger partial charge in [0, 0.05) is 13.7 Å². The second kappa shape index (κ2) is 5.06. The van der Waals surface area contributed by atoms with Gasteiger partial charge in [0.15, 0.2) is 0 Å². The summed E-state index contributed by atoms with van der Waals surface area (Å²) in [5, 5.41) is 0. The highest BCUT2D eigenvalue weighted by atomic mass is 16.5. The van der Waals surface area contributed by atoms with E-state index in [-0.39, 0.29) is 6.10 Å². The second-order valence-electron chi connectivity index (χ2n) is 1.72. The molecule has 0 aromatic carbocycles. The lowest BCUT2D eigenvalue weighted by molar-refractivity contribution is 0.0155. The predicted molar refractivity (Wildman–Crippen MR) is 33.0 cm³/mol. The molecule has 0 amide bonds. The van der Waals surface area contributed by atoms with E-state index in [1.165, 1.54) is 0 Å². The highest BCUT2D eigenvalue weighted by Crippen LogP contribution is 1.88. The van der Waals surface area contributed by atoms with Gasteiger partial charge in [0.05, 0.1) is 12.7 Å². The van der Waals surface area contributed by atoms with Gasteiger partial charge in [-0.1, -0.05) is 0 Å². The fourth-order valence-corrected chi connectivity index (χ4v) is 0.567. The first-order chi connectivity index (χ1) is 3.81. The van der Waals surface area contributed by atoms with E-state index in [0.29, 0.717) is 6.61 Å². The molecule has 0 fully saturated rings. The molecule has 0 aromatic rings. The Labute approximate surface area is 50.8 Å². The van der Waals surface area contributed by atoms with Gasteiger partial charge in [-0.15, -0.1) is 0 Å². The van der Waals surface area contributed by atoms with E-state index in [1.54, 1.807) is 7.11 Å². The topological polar surface area (TPSA) is 18.5 Å². The van der Waals surface area contributed by atoms with Crippen molar-refractivity contribution in [2.24, 2.45) is 0 Å². The average Bonchev–Trinajstić information content (AvgIpc) is 1.68. The number of methoxy groups -OCH3 is 1. The number of hydrogen-bond acceptors (Lipinski definition) is 2. The standard InChI is InChI=1S/C6H14O2/c1-4-8-6(2)5-7-3/h6H,4-5H2,1-3H3/t6-/m1/s1. The molecule has 0 spiro atoms. The molecule has 0 aliphatic heterocycles. The fourth-order valence-electron chi connectivity index (χ4n) is 0.567. The van der Waals surface area contributed by atoms with Crippen LogP contribution in [-0.4, -0.2) is 26.4 Å². The molecule has 50 valence electrons. The van der Waals surface area contributed by atoms with Crippen molar-refractivity contribution in [2.75, 3.05) is 20.3 Å². The van der Waals surface area contributed by atoms with Gasteiger partial charge in [-0.25, -0.2) is 0 Å². The Kier molecular flexibility index (Phi) is 5.01. The first kappa shape index (κ1) is 7.92. The Bertz CT molecular complexity index is 39.8. The molecular formula is C6H14O2. The van der Waals surface area contributed by atoms with E-state index in [0.717, 1.165) is 6.61 Å². The highest BCUT2D eigenvalue weighted by molar-refractivity contribution is 4.43. The van der Waals surface area contributed by atoms with E-state index >= 15 is 0 Å². The summed E-state index contributed by atoms with van der Waals surface area (Å²) < 4.78 is 9.99. The van der Waals surface area contributed by atoms with Crippen LogP contribution >= 0.6 is 0 Å². The van der Waals surface area contributed by atoms with Crippen LogP contribution in [0, 0.1) is 0 Å². The number of hydrogen-bond donors (Lipinski definition) is 0. The maximum Gasteiger partial charge on any atom is 0.0780 e. The van der Waals surface area contributed by atoms with E-state index < -0.39 is 0 Å². The van der Waals surface area contributed by atoms with Crippen molar-refractivity contribution in [3.8, 4) is 0 Å². The smallest absolute Gasteiger partial charge is 0.0780 e. The van der Waals surface area contributed by atoms with E-state index in [1.807, 2.05) is 13.8 Å². The molecule has 0 radical (unpaired) electrons. The molecule has 0 aliphatic rings. The van der Waals surface area contributed by atoms with Crippen molar-refractivity contribution in [2.45, 2.75) is 20.0 Å². The molecule has 0 rings (SSSR count). The zero-order valence-corrected chi connectivity index (χ0v) is 5.81. The highest BCUT2D eigenvalue weighted by Gasteiger charge is 1.96. The van der Waals surface area contributed by atoms with E-state index in [4.69, 9.17) is 9.47 Å². The van der Waals surface area contributed by atoms with Gasteiger partial charge in [0.25, 0.3) is 0 Å². The minimum atomic E-state index is 0.241. The van der Waals surface area contributed by atoms with Crippen LogP contribution < -0.4 is 0 Å². The quantitative estimate of drug-likeness (QED) is 0.549. The molecule has 0 bridgehead atoms. The Morgan fingerprint density at radius 1 is 1.50 bits per heavy atom. The Morgan fingerprint density at radius 2 is 2.12 bits per heavy atom. The van der Waals surface area contributed by atoms with Gasteiger partial charge >= 0.3 is 0 Å². The van der Waals surface area contributed by atoms with Crippen LogP contribution in [0.3, 0.4) is 0 Å². The lowest BCUT2D eigenvalue weighted by Crippen LogP contribution is -2.13. The predicted octanol–water partition coefficient (Wildman–Crippen LogP) is 1.06. The zero-order valence-electron chi connectivity index (χ0n) is 5.81. The fraction of sp³-hybridized carbons (Fsp3) is 1.00. The molecule has 8 heavy (non-hydrogen) atoms. The Morgan fingerprint density at radius 3 is 2.50 bits per heavy atom. The van der Waals surface area contributed by atoms with Gasteiger partial charge < -0.3 is 9.47 Å². The van der Waals surface area contributed by atoms with Gasteiger partial charge in [0.1, 0.15) is 0 Å². The largest absolute Gasteiger partial charge is 0.382 e. The van der Waals surface area contributed by atoms with Crippen molar-refractivity contribution in [3.05, 3.63) is 0 Å². The van der Waals surface area contributed by atoms with Gasteiger partial charge in [-0.2, -0.15) is 0 Å². The third-order valence-corrected chi connectivity index (χ3v) is 0.853. The molecule has 1 atom stereocenters. The maximum absolute atomic E-state index is 5.16. The lowest BCUT2D eigenvalue weighted by atomic mass is 10.4. The average molecular weight is 118 g/mol. The van der Waals surface area contributed by atoms with Crippen LogP contribution in [0.1, 0.15) is 13.8 Å². The summed E-state index contributed by atoms with van der Waals surface area (Å²) in [6.45, 7) is 5.43. The molecule has 2 nitrogen and oxygen atoms in total. The van der Waals surface area contributed by atoms with Crippen LogP contribution in [0.2, 0.25) is 0 Å². The summed E-state index contributed by atoms with van der Waals surface area (Å²) in [5.74, 6) is 0. The summed E-state index contributed by atoms with van der Waals surface area (Å²) in [6, 6.07) is 0. The molecule has 0 saturated carbocycles. The SMILES string of the molecule is CCO[C@H](C)COC. The van der Waals surface area contributed by atoms with E-state index in [2.05, 4.69) is 0 Å². The van der Waals surface area contributed by atoms with Crippen LogP contribution in [0.15, 0.2) is 0 Å². The normalized spacial score (nSPS) is 13.9. The van der Waals surface area contributed by atoms with E-state index in [9.17, 15) is 0 Å². The molecule has 2 heteroatoms. The summed E-state index contributed by atoms with van der Waals surface area (Å²) in [6.07, 6.45) is 0.241.